The molecule has 0 fully saturated rings. The molecule has 3 nitrogen and oxygen atoms in total. The summed E-state index contributed by atoms with van der Waals surface area (Å²) in [6.07, 6.45) is 0.597. The molecule has 3 aromatic rings. The van der Waals surface area contributed by atoms with Crippen LogP contribution in [0.1, 0.15) is 28.4 Å². The Kier molecular flexibility index (Phi) is 5.65. The Morgan fingerprint density at radius 3 is 2.50 bits per heavy atom. The zero-order valence-corrected chi connectivity index (χ0v) is 17.1. The van der Waals surface area contributed by atoms with Gasteiger partial charge in [-0.1, -0.05) is 47.5 Å². The quantitative estimate of drug-likeness (QED) is 0.496. The molecule has 0 saturated heterocycles. The van der Waals surface area contributed by atoms with Crippen molar-refractivity contribution >= 4 is 46.4 Å². The van der Waals surface area contributed by atoms with E-state index < -0.39 is 0 Å². The molecule has 142 valence electrons. The molecule has 0 aromatic heterocycles. The number of aromatic hydroxyl groups is 1. The van der Waals surface area contributed by atoms with Crippen LogP contribution in [0.4, 0.5) is 5.69 Å². The van der Waals surface area contributed by atoms with E-state index in [0.717, 1.165) is 21.9 Å². The number of aliphatic hydroxyl groups is 1. The van der Waals surface area contributed by atoms with Gasteiger partial charge >= 0.3 is 0 Å². The fourth-order valence-electron chi connectivity index (χ4n) is 3.24. The van der Waals surface area contributed by atoms with E-state index >= 15 is 0 Å². The van der Waals surface area contributed by atoms with Crippen molar-refractivity contribution in [1.82, 2.24) is 0 Å². The average Bonchev–Trinajstić information content (AvgIpc) is 2.89. The number of thioether (sulfide) groups is 1. The molecule has 3 aromatic carbocycles. The monoisotopic (exact) mass is 429 g/mol. The molecular formula is C22H17Cl2NO2S. The summed E-state index contributed by atoms with van der Waals surface area (Å²) in [5.41, 5.74) is 3.64. The first kappa shape index (κ1) is 19.3. The summed E-state index contributed by atoms with van der Waals surface area (Å²) in [6.45, 7) is -0.293. The lowest BCUT2D eigenvalue weighted by Gasteiger charge is -2.17. The summed E-state index contributed by atoms with van der Waals surface area (Å²) < 4.78 is 0. The first-order chi connectivity index (χ1) is 13.5. The van der Waals surface area contributed by atoms with Crippen LogP contribution in [-0.2, 0) is 6.61 Å². The maximum absolute atomic E-state index is 10.7. The second kappa shape index (κ2) is 8.18. The first-order valence-corrected chi connectivity index (χ1v) is 10.4. The number of hydrogen-bond donors (Lipinski definition) is 2. The topological polar surface area (TPSA) is 52.8 Å². The third-order valence-electron chi connectivity index (χ3n) is 4.65. The smallest absolute Gasteiger partial charge is 0.130 e. The van der Waals surface area contributed by atoms with Gasteiger partial charge in [-0.25, -0.2) is 0 Å². The minimum atomic E-state index is -0.293. The van der Waals surface area contributed by atoms with Crippen LogP contribution in [0.5, 0.6) is 5.75 Å². The molecule has 0 radical (unpaired) electrons. The Bertz CT molecular complexity index is 1050. The van der Waals surface area contributed by atoms with Crippen LogP contribution in [0, 0.1) is 0 Å². The standard InChI is InChI=1S/C22H17Cl2NO2S/c23-15-7-5-13(6-8-15)21-11-19(25-18-3-1-2-4-20(18)28-21)17-10-16(24)9-14(12-26)22(17)27/h1-10,21,26-27H,11-12H2. The van der Waals surface area contributed by atoms with Crippen LogP contribution < -0.4 is 0 Å². The number of aliphatic imine (C=N–C) groups is 1. The van der Waals surface area contributed by atoms with E-state index in [-0.39, 0.29) is 17.6 Å². The van der Waals surface area contributed by atoms with Gasteiger partial charge in [0, 0.05) is 37.7 Å². The molecule has 1 atom stereocenters. The average molecular weight is 430 g/mol. The first-order valence-electron chi connectivity index (χ1n) is 8.76. The highest BCUT2D eigenvalue weighted by Crippen LogP contribution is 2.46. The van der Waals surface area contributed by atoms with Gasteiger partial charge in [-0.15, -0.1) is 11.8 Å². The van der Waals surface area contributed by atoms with Crippen molar-refractivity contribution in [3.8, 4) is 5.75 Å². The molecule has 1 heterocycles. The molecule has 0 amide bonds. The van der Waals surface area contributed by atoms with Crippen LogP contribution in [0.25, 0.3) is 0 Å². The van der Waals surface area contributed by atoms with Crippen molar-refractivity contribution in [3.05, 3.63) is 87.4 Å². The molecule has 28 heavy (non-hydrogen) atoms. The Morgan fingerprint density at radius 2 is 1.75 bits per heavy atom. The number of nitrogens with zero attached hydrogens (tertiary/aromatic N) is 1. The fraction of sp³-hybridized carbons (Fsp3) is 0.136. The third kappa shape index (κ3) is 3.91. The zero-order valence-electron chi connectivity index (χ0n) is 14.8. The van der Waals surface area contributed by atoms with Crippen LogP contribution in [0.2, 0.25) is 10.0 Å². The fourth-order valence-corrected chi connectivity index (χ4v) is 4.84. The van der Waals surface area contributed by atoms with Crippen LogP contribution >= 0.6 is 35.0 Å². The molecule has 0 aliphatic carbocycles. The van der Waals surface area contributed by atoms with E-state index in [1.807, 2.05) is 48.5 Å². The van der Waals surface area contributed by atoms with Crippen molar-refractivity contribution in [2.75, 3.05) is 0 Å². The molecule has 2 N–H and O–H groups in total. The molecule has 0 saturated carbocycles. The number of rotatable bonds is 3. The molecule has 1 unspecified atom stereocenters. The van der Waals surface area contributed by atoms with E-state index in [4.69, 9.17) is 28.2 Å². The summed E-state index contributed by atoms with van der Waals surface area (Å²) in [4.78, 5) is 5.92. The van der Waals surface area contributed by atoms with Gasteiger partial charge < -0.3 is 10.2 Å². The second-order valence-corrected chi connectivity index (χ2v) is 8.63. The highest BCUT2D eigenvalue weighted by Gasteiger charge is 2.24. The van der Waals surface area contributed by atoms with Crippen molar-refractivity contribution < 1.29 is 10.2 Å². The lowest BCUT2D eigenvalue weighted by atomic mass is 9.98. The zero-order chi connectivity index (χ0) is 19.7. The Balaban J connectivity index is 1.85. The van der Waals surface area contributed by atoms with E-state index in [0.29, 0.717) is 27.6 Å². The summed E-state index contributed by atoms with van der Waals surface area (Å²) in [6, 6.07) is 19.0. The predicted molar refractivity (Wildman–Crippen MR) is 116 cm³/mol. The van der Waals surface area contributed by atoms with Gasteiger partial charge in [-0.05, 0) is 42.0 Å². The number of fused-ring (bicyclic) bond motifs is 1. The second-order valence-electron chi connectivity index (χ2n) is 6.51. The molecular weight excluding hydrogens is 413 g/mol. The molecule has 6 heteroatoms. The van der Waals surface area contributed by atoms with Gasteiger partial charge in [0.05, 0.1) is 18.0 Å². The van der Waals surface area contributed by atoms with E-state index in [1.54, 1.807) is 23.9 Å². The van der Waals surface area contributed by atoms with E-state index in [1.165, 1.54) is 0 Å². The van der Waals surface area contributed by atoms with Crippen LogP contribution in [0.15, 0.2) is 70.6 Å². The highest BCUT2D eigenvalue weighted by atomic mass is 35.5. The molecule has 0 bridgehead atoms. The molecule has 4 rings (SSSR count). The van der Waals surface area contributed by atoms with Crippen LogP contribution in [0.3, 0.4) is 0 Å². The maximum Gasteiger partial charge on any atom is 0.130 e. The van der Waals surface area contributed by atoms with Gasteiger partial charge in [0.1, 0.15) is 5.75 Å². The lowest BCUT2D eigenvalue weighted by Crippen LogP contribution is -2.07. The number of aliphatic hydroxyl groups excluding tert-OH is 1. The molecule has 1 aliphatic rings. The van der Waals surface area contributed by atoms with Crippen molar-refractivity contribution in [3.63, 3.8) is 0 Å². The van der Waals surface area contributed by atoms with Gasteiger partial charge in [0.25, 0.3) is 0 Å². The minimum absolute atomic E-state index is 0.0184. The van der Waals surface area contributed by atoms with Gasteiger partial charge in [0.15, 0.2) is 0 Å². The van der Waals surface area contributed by atoms with Crippen molar-refractivity contribution in [2.24, 2.45) is 4.99 Å². The normalized spacial score (nSPS) is 16.2. The summed E-state index contributed by atoms with van der Waals surface area (Å²) in [5, 5.41) is 21.5. The molecule has 1 aliphatic heterocycles. The van der Waals surface area contributed by atoms with Gasteiger partial charge in [-0.2, -0.15) is 0 Å². The Hall–Kier alpha value is -1.98. The number of phenols is 1. The van der Waals surface area contributed by atoms with E-state index in [2.05, 4.69) is 0 Å². The van der Waals surface area contributed by atoms with E-state index in [9.17, 15) is 10.2 Å². The predicted octanol–water partition coefficient (Wildman–Crippen LogP) is 6.55. The SMILES string of the molecule is OCc1cc(Cl)cc(C2=Nc3ccccc3SC(c3ccc(Cl)cc3)C2)c1O. The number of hydrogen-bond acceptors (Lipinski definition) is 4. The summed E-state index contributed by atoms with van der Waals surface area (Å²) in [7, 11) is 0. The van der Waals surface area contributed by atoms with Gasteiger partial charge in [0.2, 0.25) is 0 Å². The van der Waals surface area contributed by atoms with Crippen LogP contribution in [-0.4, -0.2) is 15.9 Å². The number of para-hydroxylation sites is 1. The number of benzene rings is 3. The lowest BCUT2D eigenvalue weighted by molar-refractivity contribution is 0.275. The maximum atomic E-state index is 10.7. The summed E-state index contributed by atoms with van der Waals surface area (Å²) in [5.74, 6) is 0.0184. The van der Waals surface area contributed by atoms with Gasteiger partial charge in [-0.3, -0.25) is 4.99 Å². The van der Waals surface area contributed by atoms with Crippen molar-refractivity contribution in [1.29, 1.82) is 0 Å². The minimum Gasteiger partial charge on any atom is -0.507 e. The summed E-state index contributed by atoms with van der Waals surface area (Å²) >= 11 is 14.0. The Labute approximate surface area is 177 Å². The largest absolute Gasteiger partial charge is 0.507 e. The van der Waals surface area contributed by atoms with Crippen molar-refractivity contribution in [2.45, 2.75) is 23.2 Å². The molecule has 0 spiro atoms. The highest BCUT2D eigenvalue weighted by molar-refractivity contribution is 7.99. The Morgan fingerprint density at radius 1 is 1.00 bits per heavy atom. The number of halogens is 2. The third-order valence-corrected chi connectivity index (χ3v) is 6.44.